The average Bonchev–Trinajstić information content (AvgIpc) is 3.52. The first-order valence-corrected chi connectivity index (χ1v) is 14.4. The van der Waals surface area contributed by atoms with Gasteiger partial charge < -0.3 is 19.6 Å². The lowest BCUT2D eigenvalue weighted by atomic mass is 9.71. The zero-order valence-corrected chi connectivity index (χ0v) is 23.8. The van der Waals surface area contributed by atoms with Crippen LogP contribution in [0.1, 0.15) is 38.7 Å². The summed E-state index contributed by atoms with van der Waals surface area (Å²) < 4.78 is 4.64. The average molecular weight is 561 g/mol. The topological polar surface area (TPSA) is 87.1 Å². The third-order valence-corrected chi connectivity index (χ3v) is 10.2. The van der Waals surface area contributed by atoms with Crippen LogP contribution in [0.2, 0.25) is 5.02 Å². The maximum absolute atomic E-state index is 14.7. The van der Waals surface area contributed by atoms with Crippen LogP contribution in [0, 0.1) is 24.7 Å². The van der Waals surface area contributed by atoms with Gasteiger partial charge in [-0.1, -0.05) is 56.3 Å². The molecule has 9 heteroatoms. The van der Waals surface area contributed by atoms with Crippen LogP contribution in [-0.4, -0.2) is 69.6 Å². The van der Waals surface area contributed by atoms with Gasteiger partial charge in [0.25, 0.3) is 5.91 Å². The molecule has 3 aliphatic rings. The van der Waals surface area contributed by atoms with Gasteiger partial charge in [0.1, 0.15) is 12.6 Å². The van der Waals surface area contributed by atoms with E-state index in [-0.39, 0.29) is 42.7 Å². The van der Waals surface area contributed by atoms with Gasteiger partial charge in [-0.05, 0) is 43.7 Å². The number of thioether (sulfide) groups is 1. The Bertz CT molecular complexity index is 1110. The summed E-state index contributed by atoms with van der Waals surface area (Å²) in [4.78, 5) is 45.3. The molecule has 1 N–H and O–H groups in total. The summed E-state index contributed by atoms with van der Waals surface area (Å²) in [6.45, 7) is 13.4. The predicted molar refractivity (Wildman–Crippen MR) is 151 cm³/mol. The van der Waals surface area contributed by atoms with Crippen molar-refractivity contribution in [2.75, 3.05) is 24.7 Å². The number of carbonyl (C=O) groups excluding carboxylic acids is 3. The molecule has 0 aromatic heterocycles. The summed E-state index contributed by atoms with van der Waals surface area (Å²) in [6, 6.07) is 4.04. The highest BCUT2D eigenvalue weighted by Gasteiger charge is 2.74. The zero-order chi connectivity index (χ0) is 27.8. The summed E-state index contributed by atoms with van der Waals surface area (Å²) in [5.74, 6) is -2.11. The lowest BCUT2D eigenvalue weighted by Gasteiger charge is -2.40. The van der Waals surface area contributed by atoms with Gasteiger partial charge in [-0.25, -0.2) is 0 Å². The Morgan fingerprint density at radius 2 is 2.08 bits per heavy atom. The van der Waals surface area contributed by atoms with Crippen molar-refractivity contribution < 1.29 is 24.2 Å². The van der Waals surface area contributed by atoms with Gasteiger partial charge >= 0.3 is 5.97 Å². The zero-order valence-electron chi connectivity index (χ0n) is 22.3. The highest BCUT2D eigenvalue weighted by atomic mass is 35.5. The van der Waals surface area contributed by atoms with Gasteiger partial charge in [0.2, 0.25) is 5.91 Å². The number of halogens is 1. The first kappa shape index (κ1) is 28.7. The molecule has 4 rings (SSSR count). The van der Waals surface area contributed by atoms with Crippen LogP contribution in [0.5, 0.6) is 0 Å². The number of para-hydroxylation sites is 1. The number of amides is 2. The van der Waals surface area contributed by atoms with Crippen LogP contribution >= 0.6 is 23.4 Å². The number of aliphatic hydroxyl groups is 1. The third-order valence-electron chi connectivity index (χ3n) is 7.97. The van der Waals surface area contributed by atoms with Crippen molar-refractivity contribution in [1.82, 2.24) is 4.90 Å². The highest BCUT2D eigenvalue weighted by Crippen LogP contribution is 2.67. The van der Waals surface area contributed by atoms with E-state index in [1.165, 1.54) is 6.08 Å². The fourth-order valence-electron chi connectivity index (χ4n) is 6.62. The van der Waals surface area contributed by atoms with E-state index in [1.54, 1.807) is 33.7 Å². The molecule has 206 valence electrons. The molecule has 2 unspecified atom stereocenters. The minimum atomic E-state index is -0.862. The number of ether oxygens (including phenoxy) is 1. The van der Waals surface area contributed by atoms with Crippen molar-refractivity contribution in [1.29, 1.82) is 0 Å². The number of hydrogen-bond donors (Lipinski definition) is 1. The summed E-state index contributed by atoms with van der Waals surface area (Å²) in [5, 5.41) is 10.8. The molecule has 3 fully saturated rings. The van der Waals surface area contributed by atoms with Crippen LogP contribution in [0.3, 0.4) is 0 Å². The fourth-order valence-corrected chi connectivity index (χ4v) is 9.13. The number of benzene rings is 1. The predicted octanol–water partition coefficient (Wildman–Crippen LogP) is 4.39. The number of hydrogen-bond acceptors (Lipinski definition) is 6. The number of aryl methyl sites for hydroxylation is 1. The number of fused-ring (bicyclic) bond motifs is 1. The van der Waals surface area contributed by atoms with E-state index < -0.39 is 34.6 Å². The monoisotopic (exact) mass is 560 g/mol. The second-order valence-corrected chi connectivity index (χ2v) is 12.8. The van der Waals surface area contributed by atoms with Crippen molar-refractivity contribution in [2.45, 2.75) is 62.1 Å². The number of likely N-dealkylation sites (tertiary alicyclic amines) is 1. The van der Waals surface area contributed by atoms with Crippen molar-refractivity contribution in [3.8, 4) is 0 Å². The fraction of sp³-hybridized carbons (Fsp3) is 0.552. The molecule has 3 aliphatic heterocycles. The summed E-state index contributed by atoms with van der Waals surface area (Å²) >= 11 is 8.18. The molecular formula is C29H37ClN2O5S. The summed E-state index contributed by atoms with van der Waals surface area (Å²) in [6.07, 6.45) is 5.01. The minimum Gasteiger partial charge on any atom is -0.461 e. The molecule has 2 amide bonds. The number of aliphatic hydroxyl groups excluding tert-OH is 1. The van der Waals surface area contributed by atoms with Crippen molar-refractivity contribution in [3.05, 3.63) is 54.1 Å². The number of esters is 1. The first-order chi connectivity index (χ1) is 18.1. The van der Waals surface area contributed by atoms with Crippen molar-refractivity contribution in [2.24, 2.45) is 17.8 Å². The maximum atomic E-state index is 14.7. The number of nitrogens with zero attached hydrogens (tertiary/aromatic N) is 2. The van der Waals surface area contributed by atoms with Gasteiger partial charge in [0, 0.05) is 11.8 Å². The lowest BCUT2D eigenvalue weighted by molar-refractivity contribution is -0.153. The molecule has 3 saturated heterocycles. The Labute approximate surface area is 234 Å². The Balaban J connectivity index is 1.84. The normalized spacial score (nSPS) is 28.4. The second-order valence-electron chi connectivity index (χ2n) is 10.8. The van der Waals surface area contributed by atoms with Crippen LogP contribution in [0.25, 0.3) is 0 Å². The van der Waals surface area contributed by atoms with Crippen LogP contribution < -0.4 is 4.90 Å². The Morgan fingerprint density at radius 3 is 2.68 bits per heavy atom. The van der Waals surface area contributed by atoms with E-state index in [1.807, 2.05) is 32.9 Å². The van der Waals surface area contributed by atoms with Crippen LogP contribution in [-0.2, 0) is 19.1 Å². The summed E-state index contributed by atoms with van der Waals surface area (Å²) in [7, 11) is 0. The Morgan fingerprint density at radius 1 is 1.34 bits per heavy atom. The number of rotatable bonds is 11. The van der Waals surface area contributed by atoms with Crippen LogP contribution in [0.15, 0.2) is 43.5 Å². The van der Waals surface area contributed by atoms with E-state index in [0.29, 0.717) is 30.0 Å². The molecule has 0 aliphatic carbocycles. The molecule has 3 heterocycles. The molecule has 2 bridgehead atoms. The molecule has 1 spiro atoms. The highest BCUT2D eigenvalue weighted by molar-refractivity contribution is 8.02. The largest absolute Gasteiger partial charge is 0.461 e. The van der Waals surface area contributed by atoms with Gasteiger partial charge in [-0.3, -0.25) is 14.4 Å². The molecule has 1 aromatic rings. The number of anilines is 1. The summed E-state index contributed by atoms with van der Waals surface area (Å²) in [5.41, 5.74) is 1.41. The van der Waals surface area contributed by atoms with Gasteiger partial charge in [-0.2, -0.15) is 0 Å². The molecule has 7 nitrogen and oxygen atoms in total. The number of carbonyl (C=O) groups is 3. The second kappa shape index (κ2) is 11.4. The first-order valence-electron chi connectivity index (χ1n) is 13.2. The van der Waals surface area contributed by atoms with Gasteiger partial charge in [0.15, 0.2) is 0 Å². The standard InChI is InChI=1S/C29H37ClN2O5S/c1-6-13-31(24-18(5)9-8-10-20(24)30)27(35)25-29-12-11-21(38-29)22(28(36)37-14-7-2)23(29)26(34)32(25)19(16-33)15-17(3)4/h6-10,17,19,21-23,25,33H,1-2,11-16H2,3-5H3/t19-,21-,22+,23+,25?,29?/m1/s1. The lowest BCUT2D eigenvalue weighted by Crippen LogP contribution is -2.58. The molecule has 0 radical (unpaired) electrons. The Kier molecular flexibility index (Phi) is 8.65. The van der Waals surface area contributed by atoms with Gasteiger partial charge in [0.05, 0.1) is 39.9 Å². The molecule has 0 saturated carbocycles. The van der Waals surface area contributed by atoms with E-state index in [2.05, 4.69) is 13.2 Å². The molecular weight excluding hydrogens is 524 g/mol. The van der Waals surface area contributed by atoms with Gasteiger partial charge in [-0.15, -0.1) is 18.3 Å². The Hall–Kier alpha value is -2.29. The molecule has 38 heavy (non-hydrogen) atoms. The quantitative estimate of drug-likeness (QED) is 0.319. The molecule has 1 aromatic carbocycles. The maximum Gasteiger partial charge on any atom is 0.311 e. The SMILES string of the molecule is C=CCOC(=O)[C@@H]1[C@H]2C(=O)N([C@@H](CO)CC(C)C)C(C(=O)N(CC=C)c3c(C)cccc3Cl)C23CC[C@H]1S3. The van der Waals surface area contributed by atoms with E-state index >= 15 is 0 Å². The van der Waals surface area contributed by atoms with Crippen LogP contribution in [0.4, 0.5) is 5.69 Å². The van der Waals surface area contributed by atoms with E-state index in [0.717, 1.165) is 5.56 Å². The third kappa shape index (κ3) is 4.69. The minimum absolute atomic E-state index is 0.0677. The van der Waals surface area contributed by atoms with Crippen molar-refractivity contribution >= 4 is 46.8 Å². The van der Waals surface area contributed by atoms with E-state index in [9.17, 15) is 19.5 Å². The molecule has 6 atom stereocenters. The van der Waals surface area contributed by atoms with Crippen molar-refractivity contribution in [3.63, 3.8) is 0 Å². The van der Waals surface area contributed by atoms with E-state index in [4.69, 9.17) is 16.3 Å². The smallest absolute Gasteiger partial charge is 0.311 e.